The number of rotatable bonds is 2. The molecule has 0 aromatic carbocycles. The van der Waals surface area contributed by atoms with Crippen molar-refractivity contribution in [1.29, 1.82) is 0 Å². The van der Waals surface area contributed by atoms with Gasteiger partial charge in [0.25, 0.3) is 0 Å². The van der Waals surface area contributed by atoms with Gasteiger partial charge >= 0.3 is 12.1 Å². The van der Waals surface area contributed by atoms with Crippen molar-refractivity contribution in [3.63, 3.8) is 0 Å². The van der Waals surface area contributed by atoms with Crippen LogP contribution < -0.4 is 5.32 Å². The molecule has 0 aliphatic carbocycles. The van der Waals surface area contributed by atoms with Gasteiger partial charge in [0, 0.05) is 6.54 Å². The first-order chi connectivity index (χ1) is 5.63. The van der Waals surface area contributed by atoms with Crippen molar-refractivity contribution < 1.29 is 18.0 Å². The molecule has 0 spiro atoms. The Morgan fingerprint density at radius 2 is 1.69 bits per heavy atom. The van der Waals surface area contributed by atoms with Crippen LogP contribution >= 0.6 is 0 Å². The lowest BCUT2D eigenvalue weighted by molar-refractivity contribution is -0.173. The highest BCUT2D eigenvalue weighted by Gasteiger charge is 2.38. The molecule has 0 atom stereocenters. The maximum Gasteiger partial charge on any atom is 0.471 e. The molecule has 0 heterocycles. The Labute approximate surface area is 75.5 Å². The van der Waals surface area contributed by atoms with Gasteiger partial charge in [0.05, 0.1) is 0 Å². The second-order valence-corrected chi connectivity index (χ2v) is 4.06. The molecule has 5 heteroatoms. The Balaban J connectivity index is 3.74. The van der Waals surface area contributed by atoms with E-state index in [1.165, 1.54) is 0 Å². The molecule has 78 valence electrons. The predicted molar refractivity (Wildman–Crippen MR) is 43.1 cm³/mol. The maximum absolute atomic E-state index is 11.7. The first kappa shape index (κ1) is 12.3. The molecular weight excluding hydrogens is 183 g/mol. The summed E-state index contributed by atoms with van der Waals surface area (Å²) >= 11 is 0. The molecule has 1 N–H and O–H groups in total. The van der Waals surface area contributed by atoms with Gasteiger partial charge in [-0.1, -0.05) is 20.8 Å². The first-order valence-electron chi connectivity index (χ1n) is 3.98. The molecular formula is C8H14F3NO. The van der Waals surface area contributed by atoms with Crippen LogP contribution in [-0.4, -0.2) is 18.6 Å². The lowest BCUT2D eigenvalue weighted by Crippen LogP contribution is -2.38. The summed E-state index contributed by atoms with van der Waals surface area (Å²) < 4.78 is 35.0. The molecule has 0 radical (unpaired) electrons. The van der Waals surface area contributed by atoms with Crippen molar-refractivity contribution in [3.05, 3.63) is 0 Å². The minimum atomic E-state index is -4.77. The lowest BCUT2D eigenvalue weighted by atomic mass is 9.92. The van der Waals surface area contributed by atoms with E-state index in [1.807, 2.05) is 26.1 Å². The van der Waals surface area contributed by atoms with Gasteiger partial charge in [-0.3, -0.25) is 4.79 Å². The van der Waals surface area contributed by atoms with Crippen molar-refractivity contribution in [2.24, 2.45) is 5.41 Å². The average Bonchev–Trinajstić information content (AvgIpc) is 1.82. The van der Waals surface area contributed by atoms with E-state index in [4.69, 9.17) is 0 Å². The Kier molecular flexibility index (Phi) is 3.75. The third kappa shape index (κ3) is 6.42. The van der Waals surface area contributed by atoms with Crippen molar-refractivity contribution in [2.45, 2.75) is 33.4 Å². The molecule has 0 rings (SSSR count). The van der Waals surface area contributed by atoms with Crippen LogP contribution in [-0.2, 0) is 4.79 Å². The highest BCUT2D eigenvalue weighted by molar-refractivity contribution is 5.81. The summed E-state index contributed by atoms with van der Waals surface area (Å²) in [6.07, 6.45) is -4.24. The molecule has 0 saturated heterocycles. The average molecular weight is 197 g/mol. The SMILES string of the molecule is CC(C)(C)CCNC(=O)C(F)(F)F. The highest BCUT2D eigenvalue weighted by Crippen LogP contribution is 2.18. The van der Waals surface area contributed by atoms with Gasteiger partial charge < -0.3 is 5.32 Å². The topological polar surface area (TPSA) is 29.1 Å². The Bertz CT molecular complexity index is 181. The Hall–Kier alpha value is -0.740. The van der Waals surface area contributed by atoms with Crippen LogP contribution in [0.25, 0.3) is 0 Å². The van der Waals surface area contributed by atoms with E-state index in [0.717, 1.165) is 0 Å². The standard InChI is InChI=1S/C8H14F3NO/c1-7(2,3)4-5-12-6(13)8(9,10)11/h4-5H2,1-3H3,(H,12,13). The van der Waals surface area contributed by atoms with E-state index in [2.05, 4.69) is 0 Å². The van der Waals surface area contributed by atoms with E-state index in [1.54, 1.807) is 0 Å². The van der Waals surface area contributed by atoms with Gasteiger partial charge in [0.15, 0.2) is 0 Å². The number of halogens is 3. The van der Waals surface area contributed by atoms with E-state index in [9.17, 15) is 18.0 Å². The van der Waals surface area contributed by atoms with E-state index < -0.39 is 12.1 Å². The number of hydrogen-bond donors (Lipinski definition) is 1. The molecule has 13 heavy (non-hydrogen) atoms. The van der Waals surface area contributed by atoms with Crippen LogP contribution in [0.15, 0.2) is 0 Å². The zero-order chi connectivity index (χ0) is 10.7. The minimum Gasteiger partial charge on any atom is -0.348 e. The van der Waals surface area contributed by atoms with Crippen molar-refractivity contribution in [3.8, 4) is 0 Å². The molecule has 0 aliphatic rings. The normalized spacial score (nSPS) is 12.8. The Morgan fingerprint density at radius 1 is 1.23 bits per heavy atom. The second-order valence-electron chi connectivity index (χ2n) is 4.06. The van der Waals surface area contributed by atoms with Crippen LogP contribution in [0.1, 0.15) is 27.2 Å². The minimum absolute atomic E-state index is 0.0574. The van der Waals surface area contributed by atoms with E-state index in [0.29, 0.717) is 6.42 Å². The van der Waals surface area contributed by atoms with Gasteiger partial charge in [-0.2, -0.15) is 13.2 Å². The number of amides is 1. The molecule has 0 unspecified atom stereocenters. The summed E-state index contributed by atoms with van der Waals surface area (Å²) in [7, 11) is 0. The monoisotopic (exact) mass is 197 g/mol. The number of alkyl halides is 3. The maximum atomic E-state index is 11.7. The molecule has 0 fully saturated rings. The van der Waals surface area contributed by atoms with Crippen molar-refractivity contribution in [2.75, 3.05) is 6.54 Å². The van der Waals surface area contributed by atoms with Gasteiger partial charge in [0.2, 0.25) is 0 Å². The van der Waals surface area contributed by atoms with Crippen LogP contribution in [0.5, 0.6) is 0 Å². The fourth-order valence-electron chi connectivity index (χ4n) is 0.651. The number of carbonyl (C=O) groups is 1. The fourth-order valence-corrected chi connectivity index (χ4v) is 0.651. The van der Waals surface area contributed by atoms with E-state index in [-0.39, 0.29) is 12.0 Å². The summed E-state index contributed by atoms with van der Waals surface area (Å²) in [4.78, 5) is 10.3. The van der Waals surface area contributed by atoms with Crippen LogP contribution in [0.3, 0.4) is 0 Å². The fraction of sp³-hybridized carbons (Fsp3) is 0.875. The lowest BCUT2D eigenvalue weighted by Gasteiger charge is -2.18. The summed E-state index contributed by atoms with van der Waals surface area (Å²) in [6, 6.07) is 0. The molecule has 1 amide bonds. The smallest absolute Gasteiger partial charge is 0.348 e. The first-order valence-corrected chi connectivity index (χ1v) is 3.98. The number of hydrogen-bond acceptors (Lipinski definition) is 1. The molecule has 2 nitrogen and oxygen atoms in total. The third-order valence-corrected chi connectivity index (χ3v) is 1.42. The molecule has 0 aromatic heterocycles. The van der Waals surface area contributed by atoms with Crippen LogP contribution in [0.2, 0.25) is 0 Å². The molecule has 0 aliphatic heterocycles. The highest BCUT2D eigenvalue weighted by atomic mass is 19.4. The van der Waals surface area contributed by atoms with Crippen LogP contribution in [0, 0.1) is 5.41 Å². The van der Waals surface area contributed by atoms with Gasteiger partial charge in [0.1, 0.15) is 0 Å². The number of nitrogens with one attached hydrogen (secondary N) is 1. The van der Waals surface area contributed by atoms with Gasteiger partial charge in [-0.15, -0.1) is 0 Å². The van der Waals surface area contributed by atoms with Crippen molar-refractivity contribution in [1.82, 2.24) is 5.32 Å². The quantitative estimate of drug-likeness (QED) is 0.721. The predicted octanol–water partition coefficient (Wildman–Crippen LogP) is 2.10. The second kappa shape index (κ2) is 3.98. The van der Waals surface area contributed by atoms with Crippen molar-refractivity contribution >= 4 is 5.91 Å². The molecule has 0 bridgehead atoms. The largest absolute Gasteiger partial charge is 0.471 e. The summed E-state index contributed by atoms with van der Waals surface area (Å²) in [5, 5.41) is 1.82. The summed E-state index contributed by atoms with van der Waals surface area (Å²) in [5.74, 6) is -1.86. The Morgan fingerprint density at radius 3 is 2.00 bits per heavy atom. The zero-order valence-corrected chi connectivity index (χ0v) is 7.96. The number of carbonyl (C=O) groups excluding carboxylic acids is 1. The van der Waals surface area contributed by atoms with E-state index >= 15 is 0 Å². The molecule has 0 aromatic rings. The van der Waals surface area contributed by atoms with Crippen LogP contribution in [0.4, 0.5) is 13.2 Å². The molecule has 0 saturated carbocycles. The third-order valence-electron chi connectivity index (χ3n) is 1.42. The summed E-state index contributed by atoms with van der Waals surface area (Å²) in [6.45, 7) is 5.74. The van der Waals surface area contributed by atoms with Gasteiger partial charge in [-0.05, 0) is 11.8 Å². The zero-order valence-electron chi connectivity index (χ0n) is 7.96. The van der Waals surface area contributed by atoms with Gasteiger partial charge in [-0.25, -0.2) is 0 Å². The summed E-state index contributed by atoms with van der Waals surface area (Å²) in [5.41, 5.74) is -0.0706.